The Hall–Kier alpha value is -1.91. The Labute approximate surface area is 191 Å². The summed E-state index contributed by atoms with van der Waals surface area (Å²) in [4.78, 5) is 20.3. The third kappa shape index (κ3) is 6.08. The second kappa shape index (κ2) is 10.6. The number of hydrogen-bond acceptors (Lipinski definition) is 3. The average molecular weight is 440 g/mol. The van der Waals surface area contributed by atoms with Crippen LogP contribution in [0.25, 0.3) is 0 Å². The van der Waals surface area contributed by atoms with Crippen LogP contribution in [0.15, 0.2) is 36.4 Å². The van der Waals surface area contributed by atoms with Crippen LogP contribution in [0.4, 0.5) is 0 Å². The Morgan fingerprint density at radius 1 is 1.10 bits per heavy atom. The van der Waals surface area contributed by atoms with Crippen LogP contribution < -0.4 is 5.32 Å². The Morgan fingerprint density at radius 2 is 1.87 bits per heavy atom. The number of rotatable bonds is 6. The molecule has 0 radical (unpaired) electrons. The fraction of sp³-hybridized carbons (Fsp3) is 0.538. The summed E-state index contributed by atoms with van der Waals surface area (Å²) in [5.74, 6) is 1.02. The number of piperidine rings is 1. The number of aryl methyl sites for hydroxylation is 1. The van der Waals surface area contributed by atoms with E-state index in [1.807, 2.05) is 37.3 Å². The van der Waals surface area contributed by atoms with Crippen molar-refractivity contribution in [1.29, 1.82) is 0 Å². The molecule has 5 heteroatoms. The Balaban J connectivity index is 1.37. The molecule has 4 nitrogen and oxygen atoms in total. The highest BCUT2D eigenvalue weighted by molar-refractivity contribution is 6.30. The second-order valence-electron chi connectivity index (χ2n) is 9.28. The molecule has 1 aromatic carbocycles. The molecule has 1 aliphatic heterocycles. The van der Waals surface area contributed by atoms with E-state index in [0.717, 1.165) is 61.0 Å². The van der Waals surface area contributed by atoms with Gasteiger partial charge in [-0.05, 0) is 81.4 Å². The normalized spacial score (nSPS) is 18.8. The molecule has 31 heavy (non-hydrogen) atoms. The van der Waals surface area contributed by atoms with Crippen LogP contribution in [0.1, 0.15) is 78.2 Å². The van der Waals surface area contributed by atoms with E-state index in [2.05, 4.69) is 16.3 Å². The van der Waals surface area contributed by atoms with Crippen LogP contribution >= 0.6 is 11.6 Å². The van der Waals surface area contributed by atoms with Gasteiger partial charge >= 0.3 is 0 Å². The monoisotopic (exact) mass is 439 g/mol. The summed E-state index contributed by atoms with van der Waals surface area (Å²) in [6, 6.07) is 12.1. The maximum absolute atomic E-state index is 13.0. The van der Waals surface area contributed by atoms with Gasteiger partial charge in [-0.3, -0.25) is 14.7 Å². The molecule has 0 unspecified atom stereocenters. The van der Waals surface area contributed by atoms with Crippen molar-refractivity contribution in [2.45, 2.75) is 64.3 Å². The molecule has 0 spiro atoms. The molecule has 1 saturated carbocycles. The van der Waals surface area contributed by atoms with Gasteiger partial charge in [0.2, 0.25) is 0 Å². The molecule has 4 rings (SSSR count). The van der Waals surface area contributed by atoms with E-state index < -0.39 is 0 Å². The lowest BCUT2D eigenvalue weighted by Crippen LogP contribution is -2.35. The topological polar surface area (TPSA) is 45.2 Å². The third-order valence-corrected chi connectivity index (χ3v) is 7.09. The molecule has 2 fully saturated rings. The highest BCUT2D eigenvalue weighted by atomic mass is 35.5. The van der Waals surface area contributed by atoms with Gasteiger partial charge in [-0.1, -0.05) is 43.0 Å². The van der Waals surface area contributed by atoms with Crippen molar-refractivity contribution in [3.63, 3.8) is 0 Å². The summed E-state index contributed by atoms with van der Waals surface area (Å²) in [7, 11) is 0. The standard InChI is InChI=1S/C26H34ClN3O/c1-19-10-11-24(26(31)28-17-20-6-3-2-4-7-20)25(29-19)22-12-14-30(15-13-22)18-21-8-5-9-23(27)16-21/h5,8-11,16,20,22H,2-4,6-7,12-15,17-18H2,1H3,(H,28,31). The number of carbonyl (C=O) groups is 1. The number of nitrogens with zero attached hydrogens (tertiary/aromatic N) is 2. The van der Waals surface area contributed by atoms with Gasteiger partial charge in [-0.15, -0.1) is 0 Å². The van der Waals surface area contributed by atoms with Gasteiger partial charge in [0, 0.05) is 29.7 Å². The summed E-state index contributed by atoms with van der Waals surface area (Å²) < 4.78 is 0. The largest absolute Gasteiger partial charge is 0.352 e. The minimum Gasteiger partial charge on any atom is -0.352 e. The van der Waals surface area contributed by atoms with Crippen LogP contribution in [-0.4, -0.2) is 35.4 Å². The zero-order valence-corrected chi connectivity index (χ0v) is 19.3. The number of halogens is 1. The summed E-state index contributed by atoms with van der Waals surface area (Å²) in [5.41, 5.74) is 4.00. The lowest BCUT2D eigenvalue weighted by molar-refractivity contribution is 0.0940. The maximum Gasteiger partial charge on any atom is 0.253 e. The lowest BCUT2D eigenvalue weighted by Gasteiger charge is -2.32. The minimum atomic E-state index is 0.0504. The highest BCUT2D eigenvalue weighted by Gasteiger charge is 2.26. The van der Waals surface area contributed by atoms with Gasteiger partial charge in [-0.2, -0.15) is 0 Å². The van der Waals surface area contributed by atoms with E-state index >= 15 is 0 Å². The van der Waals surface area contributed by atoms with Crippen molar-refractivity contribution >= 4 is 17.5 Å². The highest BCUT2D eigenvalue weighted by Crippen LogP contribution is 2.30. The molecule has 1 aliphatic carbocycles. The molecule has 1 aromatic heterocycles. The number of pyridine rings is 1. The van der Waals surface area contributed by atoms with Gasteiger partial charge in [0.05, 0.1) is 11.3 Å². The first-order chi connectivity index (χ1) is 15.1. The summed E-state index contributed by atoms with van der Waals surface area (Å²) in [6.07, 6.45) is 8.47. The molecule has 2 aliphatic rings. The van der Waals surface area contributed by atoms with Crippen LogP contribution in [0.5, 0.6) is 0 Å². The lowest BCUT2D eigenvalue weighted by atomic mass is 9.88. The van der Waals surface area contributed by atoms with E-state index in [1.54, 1.807) is 0 Å². The van der Waals surface area contributed by atoms with Crippen LogP contribution in [0, 0.1) is 12.8 Å². The molecule has 0 bridgehead atoms. The van der Waals surface area contributed by atoms with Crippen LogP contribution in [0.3, 0.4) is 0 Å². The molecule has 166 valence electrons. The number of hydrogen-bond donors (Lipinski definition) is 1. The summed E-state index contributed by atoms with van der Waals surface area (Å²) >= 11 is 6.14. The zero-order chi connectivity index (χ0) is 21.6. The summed E-state index contributed by atoms with van der Waals surface area (Å²) in [6.45, 7) is 5.75. The number of benzene rings is 1. The fourth-order valence-electron chi connectivity index (χ4n) is 5.06. The van der Waals surface area contributed by atoms with Gasteiger partial charge < -0.3 is 5.32 Å². The third-order valence-electron chi connectivity index (χ3n) is 6.85. The molecular weight excluding hydrogens is 406 g/mol. The fourth-order valence-corrected chi connectivity index (χ4v) is 5.27. The van der Waals surface area contributed by atoms with Crippen molar-refractivity contribution in [3.8, 4) is 0 Å². The van der Waals surface area contributed by atoms with E-state index in [1.165, 1.54) is 37.7 Å². The van der Waals surface area contributed by atoms with Crippen LogP contribution in [0.2, 0.25) is 5.02 Å². The molecule has 1 N–H and O–H groups in total. The van der Waals surface area contributed by atoms with Gasteiger partial charge in [0.25, 0.3) is 5.91 Å². The van der Waals surface area contributed by atoms with E-state index in [9.17, 15) is 4.79 Å². The van der Waals surface area contributed by atoms with E-state index in [0.29, 0.717) is 11.8 Å². The molecule has 2 aromatic rings. The predicted molar refractivity (Wildman–Crippen MR) is 127 cm³/mol. The van der Waals surface area contributed by atoms with E-state index in [-0.39, 0.29) is 5.91 Å². The number of likely N-dealkylation sites (tertiary alicyclic amines) is 1. The van der Waals surface area contributed by atoms with Gasteiger partial charge in [0.1, 0.15) is 0 Å². The minimum absolute atomic E-state index is 0.0504. The van der Waals surface area contributed by atoms with Crippen molar-refractivity contribution in [2.24, 2.45) is 5.92 Å². The van der Waals surface area contributed by atoms with Crippen molar-refractivity contribution < 1.29 is 4.79 Å². The van der Waals surface area contributed by atoms with Crippen molar-refractivity contribution in [1.82, 2.24) is 15.2 Å². The maximum atomic E-state index is 13.0. The molecular formula is C26H34ClN3O. The Morgan fingerprint density at radius 3 is 2.61 bits per heavy atom. The Kier molecular flexibility index (Phi) is 7.62. The first-order valence-corrected chi connectivity index (χ1v) is 12.2. The van der Waals surface area contributed by atoms with Crippen LogP contribution in [-0.2, 0) is 6.54 Å². The quantitative estimate of drug-likeness (QED) is 0.624. The van der Waals surface area contributed by atoms with Gasteiger partial charge in [0.15, 0.2) is 0 Å². The molecule has 0 atom stereocenters. The predicted octanol–water partition coefficient (Wildman–Crippen LogP) is 5.73. The SMILES string of the molecule is Cc1ccc(C(=O)NCC2CCCCC2)c(C2CCN(Cc3cccc(Cl)c3)CC2)n1. The molecule has 2 heterocycles. The molecule has 1 amide bonds. The first-order valence-electron chi connectivity index (χ1n) is 11.8. The van der Waals surface area contributed by atoms with E-state index in [4.69, 9.17) is 16.6 Å². The Bertz CT molecular complexity index is 886. The first kappa shape index (κ1) is 22.3. The van der Waals surface area contributed by atoms with Crippen molar-refractivity contribution in [2.75, 3.05) is 19.6 Å². The molecule has 1 saturated heterocycles. The zero-order valence-electron chi connectivity index (χ0n) is 18.6. The smallest absolute Gasteiger partial charge is 0.253 e. The average Bonchev–Trinajstić information content (AvgIpc) is 2.79. The van der Waals surface area contributed by atoms with Crippen molar-refractivity contribution in [3.05, 3.63) is 63.9 Å². The number of amides is 1. The second-order valence-corrected chi connectivity index (χ2v) is 9.72. The number of nitrogens with one attached hydrogen (secondary N) is 1. The summed E-state index contributed by atoms with van der Waals surface area (Å²) in [5, 5.41) is 4.00. The van der Waals surface area contributed by atoms with Gasteiger partial charge in [-0.25, -0.2) is 0 Å². The number of carbonyl (C=O) groups excluding carboxylic acids is 1. The number of aromatic nitrogens is 1.